The monoisotopic (exact) mass is 322 g/mol. The summed E-state index contributed by atoms with van der Waals surface area (Å²) in [6, 6.07) is 16.1. The highest BCUT2D eigenvalue weighted by molar-refractivity contribution is 5.74. The van der Waals surface area contributed by atoms with Crippen LogP contribution in [0.3, 0.4) is 0 Å². The topological polar surface area (TPSA) is 61.4 Å². The number of fused-ring (bicyclic) bond motifs is 3. The molecule has 0 aromatic heterocycles. The van der Waals surface area contributed by atoms with Crippen LogP contribution in [-0.2, 0) is 19.6 Å². The normalized spacial score (nSPS) is 23.3. The number of nitrogens with one attached hydrogen (secondary N) is 2. The molecular formula is C20H22N2O2. The zero-order valence-corrected chi connectivity index (χ0v) is 13.5. The minimum absolute atomic E-state index is 0.00961. The molecule has 4 rings (SSSR count). The van der Waals surface area contributed by atoms with E-state index in [1.54, 1.807) is 0 Å². The van der Waals surface area contributed by atoms with Crippen LogP contribution in [0.2, 0.25) is 0 Å². The average molecular weight is 322 g/mol. The van der Waals surface area contributed by atoms with Crippen LogP contribution in [0.4, 0.5) is 4.79 Å². The summed E-state index contributed by atoms with van der Waals surface area (Å²) in [5.74, 6) is 1.92. The molecule has 2 aromatic carbocycles. The van der Waals surface area contributed by atoms with Gasteiger partial charge in [-0.1, -0.05) is 48.5 Å². The lowest BCUT2D eigenvalue weighted by atomic mass is 10.0. The van der Waals surface area contributed by atoms with Gasteiger partial charge in [-0.25, -0.2) is 4.79 Å². The first kappa shape index (κ1) is 15.2. The summed E-state index contributed by atoms with van der Waals surface area (Å²) in [6.45, 7) is 1.16. The van der Waals surface area contributed by atoms with E-state index >= 15 is 0 Å². The Bertz CT molecular complexity index is 759. The fraction of sp³-hybridized carbons (Fsp3) is 0.350. The fourth-order valence-electron chi connectivity index (χ4n) is 4.09. The highest BCUT2D eigenvalue weighted by atomic mass is 16.3. The fourth-order valence-corrected chi connectivity index (χ4v) is 4.09. The van der Waals surface area contributed by atoms with Gasteiger partial charge in [-0.3, -0.25) is 0 Å². The van der Waals surface area contributed by atoms with Crippen molar-refractivity contribution in [3.8, 4) is 0 Å². The van der Waals surface area contributed by atoms with E-state index in [-0.39, 0.29) is 12.6 Å². The Balaban J connectivity index is 1.26. The van der Waals surface area contributed by atoms with Crippen molar-refractivity contribution in [3.05, 3.63) is 70.8 Å². The van der Waals surface area contributed by atoms with Gasteiger partial charge in [0.25, 0.3) is 0 Å². The van der Waals surface area contributed by atoms with Crippen LogP contribution in [-0.4, -0.2) is 17.7 Å². The van der Waals surface area contributed by atoms with Crippen LogP contribution in [0.5, 0.6) is 0 Å². The lowest BCUT2D eigenvalue weighted by Gasteiger charge is -2.11. The van der Waals surface area contributed by atoms with Crippen molar-refractivity contribution < 1.29 is 9.90 Å². The van der Waals surface area contributed by atoms with Gasteiger partial charge >= 0.3 is 6.03 Å². The smallest absolute Gasteiger partial charge is 0.315 e. The molecule has 0 bridgehead atoms. The van der Waals surface area contributed by atoms with Gasteiger partial charge in [-0.05, 0) is 46.4 Å². The molecule has 3 atom stereocenters. The zero-order chi connectivity index (χ0) is 16.5. The standard InChI is InChI=1S/C20H22N2O2/c23-12-15-7-2-1-6-14(15)10-21-20(24)22-11-18-17-9-13-5-3-4-8-16(13)19(17)18/h1-8,17-19,23H,9-12H2,(H2,21,22,24). The Hall–Kier alpha value is -2.33. The molecule has 2 amide bonds. The van der Waals surface area contributed by atoms with Crippen molar-refractivity contribution in [3.63, 3.8) is 0 Å². The van der Waals surface area contributed by atoms with Gasteiger partial charge in [-0.2, -0.15) is 0 Å². The average Bonchev–Trinajstić information content (AvgIpc) is 3.16. The summed E-state index contributed by atoms with van der Waals surface area (Å²) in [4.78, 5) is 12.0. The van der Waals surface area contributed by atoms with E-state index in [1.807, 2.05) is 24.3 Å². The summed E-state index contributed by atoms with van der Waals surface area (Å²) < 4.78 is 0. The van der Waals surface area contributed by atoms with Crippen molar-refractivity contribution in [2.75, 3.05) is 6.54 Å². The second-order valence-corrected chi connectivity index (χ2v) is 6.75. The zero-order valence-electron chi connectivity index (χ0n) is 13.5. The Morgan fingerprint density at radius 2 is 1.79 bits per heavy atom. The largest absolute Gasteiger partial charge is 0.392 e. The maximum absolute atomic E-state index is 12.0. The first-order valence-electron chi connectivity index (χ1n) is 8.55. The van der Waals surface area contributed by atoms with Gasteiger partial charge in [0, 0.05) is 13.1 Å². The summed E-state index contributed by atoms with van der Waals surface area (Å²) >= 11 is 0. The van der Waals surface area contributed by atoms with Crippen molar-refractivity contribution in [1.82, 2.24) is 10.6 Å². The number of aliphatic hydroxyl groups excluding tert-OH is 1. The molecule has 124 valence electrons. The number of amides is 2. The van der Waals surface area contributed by atoms with Gasteiger partial charge in [-0.15, -0.1) is 0 Å². The molecule has 3 N–H and O–H groups in total. The van der Waals surface area contributed by atoms with E-state index < -0.39 is 0 Å². The Morgan fingerprint density at radius 1 is 1.04 bits per heavy atom. The molecule has 0 radical (unpaired) electrons. The van der Waals surface area contributed by atoms with E-state index in [0.717, 1.165) is 24.1 Å². The molecule has 0 aliphatic heterocycles. The van der Waals surface area contributed by atoms with Crippen LogP contribution < -0.4 is 10.6 Å². The lowest BCUT2D eigenvalue weighted by molar-refractivity contribution is 0.239. The SMILES string of the molecule is O=C(NCc1ccccc1CO)NCC1C2Cc3ccccc3C12. The van der Waals surface area contributed by atoms with Crippen LogP contribution in [0.1, 0.15) is 28.2 Å². The molecule has 2 aliphatic carbocycles. The van der Waals surface area contributed by atoms with Crippen molar-refractivity contribution in [2.24, 2.45) is 11.8 Å². The molecule has 0 heterocycles. The lowest BCUT2D eigenvalue weighted by Crippen LogP contribution is -2.36. The van der Waals surface area contributed by atoms with Crippen LogP contribution >= 0.6 is 0 Å². The van der Waals surface area contributed by atoms with Crippen LogP contribution in [0.15, 0.2) is 48.5 Å². The molecule has 24 heavy (non-hydrogen) atoms. The van der Waals surface area contributed by atoms with E-state index in [0.29, 0.717) is 24.3 Å². The maximum Gasteiger partial charge on any atom is 0.315 e. The third kappa shape index (κ3) is 2.78. The minimum Gasteiger partial charge on any atom is -0.392 e. The first-order chi connectivity index (χ1) is 11.8. The summed E-state index contributed by atoms with van der Waals surface area (Å²) in [7, 11) is 0. The highest BCUT2D eigenvalue weighted by Gasteiger charge is 2.54. The second kappa shape index (κ2) is 6.29. The number of hydrogen-bond acceptors (Lipinski definition) is 2. The summed E-state index contributed by atoms with van der Waals surface area (Å²) in [6.07, 6.45) is 1.15. The molecule has 4 nitrogen and oxygen atoms in total. The molecule has 2 aliphatic rings. The third-order valence-corrected chi connectivity index (χ3v) is 5.43. The molecule has 0 spiro atoms. The number of rotatable bonds is 5. The molecule has 3 unspecified atom stereocenters. The van der Waals surface area contributed by atoms with E-state index in [1.165, 1.54) is 11.1 Å². The summed E-state index contributed by atoms with van der Waals surface area (Å²) in [5.41, 5.74) is 4.76. The molecule has 1 fully saturated rings. The molecule has 0 saturated heterocycles. The number of hydrogen-bond donors (Lipinski definition) is 3. The van der Waals surface area contributed by atoms with Crippen molar-refractivity contribution >= 4 is 6.03 Å². The van der Waals surface area contributed by atoms with Gasteiger partial charge in [0.15, 0.2) is 0 Å². The predicted molar refractivity (Wildman–Crippen MR) is 92.5 cm³/mol. The summed E-state index contributed by atoms with van der Waals surface area (Å²) in [5, 5.41) is 15.2. The molecule has 1 saturated carbocycles. The van der Waals surface area contributed by atoms with Crippen molar-refractivity contribution in [1.29, 1.82) is 0 Å². The Morgan fingerprint density at radius 3 is 2.62 bits per heavy atom. The van der Waals surface area contributed by atoms with Crippen LogP contribution in [0, 0.1) is 11.8 Å². The van der Waals surface area contributed by atoms with E-state index in [4.69, 9.17) is 0 Å². The minimum atomic E-state index is -0.138. The maximum atomic E-state index is 12.0. The Labute approximate surface area is 141 Å². The van der Waals surface area contributed by atoms with Gasteiger partial charge < -0.3 is 15.7 Å². The van der Waals surface area contributed by atoms with Crippen LogP contribution in [0.25, 0.3) is 0 Å². The molecular weight excluding hydrogens is 300 g/mol. The predicted octanol–water partition coefficient (Wildman–Crippen LogP) is 2.56. The number of carbonyl (C=O) groups is 1. The van der Waals surface area contributed by atoms with E-state index in [2.05, 4.69) is 34.9 Å². The number of carbonyl (C=O) groups excluding carboxylic acids is 1. The highest BCUT2D eigenvalue weighted by Crippen LogP contribution is 2.60. The quantitative estimate of drug-likeness (QED) is 0.792. The van der Waals surface area contributed by atoms with Gasteiger partial charge in [0.1, 0.15) is 0 Å². The molecule has 2 aromatic rings. The number of urea groups is 1. The van der Waals surface area contributed by atoms with Gasteiger partial charge in [0.2, 0.25) is 0 Å². The second-order valence-electron chi connectivity index (χ2n) is 6.75. The number of aliphatic hydroxyl groups is 1. The van der Waals surface area contributed by atoms with Crippen molar-refractivity contribution in [2.45, 2.75) is 25.5 Å². The Kier molecular flexibility index (Phi) is 3.98. The molecule has 4 heteroatoms. The van der Waals surface area contributed by atoms with Gasteiger partial charge in [0.05, 0.1) is 6.61 Å². The number of benzene rings is 2. The van der Waals surface area contributed by atoms with E-state index in [9.17, 15) is 9.90 Å². The third-order valence-electron chi connectivity index (χ3n) is 5.43. The first-order valence-corrected chi connectivity index (χ1v) is 8.55.